The zero-order valence-corrected chi connectivity index (χ0v) is 11.1. The van der Waals surface area contributed by atoms with E-state index in [1.165, 1.54) is 0 Å². The van der Waals surface area contributed by atoms with Gasteiger partial charge in [0.2, 0.25) is 10.0 Å². The molecule has 0 heterocycles. The Morgan fingerprint density at radius 3 is 2.20 bits per heavy atom. The summed E-state index contributed by atoms with van der Waals surface area (Å²) in [7, 11) is 2.38. The molecule has 0 saturated heterocycles. The lowest BCUT2D eigenvalue weighted by atomic mass is 10.3. The van der Waals surface area contributed by atoms with E-state index in [2.05, 4.69) is 10.0 Å². The molecular formula is C9H23N3O2S. The van der Waals surface area contributed by atoms with Crippen LogP contribution in [0.1, 0.15) is 13.8 Å². The lowest BCUT2D eigenvalue weighted by molar-refractivity contribution is 0.369. The smallest absolute Gasteiger partial charge is 0.215 e. The summed E-state index contributed by atoms with van der Waals surface area (Å²) in [6.07, 6.45) is 0. The minimum Gasteiger partial charge on any atom is -0.318 e. The van der Waals surface area contributed by atoms with Crippen molar-refractivity contribution in [2.75, 3.05) is 34.2 Å². The van der Waals surface area contributed by atoms with Gasteiger partial charge in [-0.15, -0.1) is 0 Å². The van der Waals surface area contributed by atoms with E-state index in [1.54, 1.807) is 14.0 Å². The molecule has 0 radical (unpaired) electrons. The van der Waals surface area contributed by atoms with Crippen molar-refractivity contribution >= 4 is 10.0 Å². The van der Waals surface area contributed by atoms with Crippen LogP contribution in [0.25, 0.3) is 0 Å². The minimum atomic E-state index is -3.21. The van der Waals surface area contributed by atoms with Crippen molar-refractivity contribution in [3.05, 3.63) is 0 Å². The average Bonchev–Trinajstić information content (AvgIpc) is 2.01. The first-order chi connectivity index (χ1) is 6.79. The van der Waals surface area contributed by atoms with Crippen LogP contribution >= 0.6 is 0 Å². The molecule has 2 unspecified atom stereocenters. The highest BCUT2D eigenvalue weighted by Crippen LogP contribution is 1.99. The maximum Gasteiger partial charge on any atom is 0.215 e. The van der Waals surface area contributed by atoms with E-state index in [-0.39, 0.29) is 6.04 Å². The minimum absolute atomic E-state index is 0.0655. The standard InChI is InChI=1S/C9H23N3O2S/c1-8(7-12(4)5)11-15(13,14)9(2)6-10-3/h8-11H,6-7H2,1-5H3. The van der Waals surface area contributed by atoms with E-state index in [9.17, 15) is 8.42 Å². The SMILES string of the molecule is CNCC(C)S(=O)(=O)NC(C)CN(C)C. The Labute approximate surface area is 93.3 Å². The molecule has 0 aromatic carbocycles. The number of nitrogens with zero attached hydrogens (tertiary/aromatic N) is 1. The largest absolute Gasteiger partial charge is 0.318 e. The first-order valence-corrected chi connectivity index (χ1v) is 6.64. The van der Waals surface area contributed by atoms with Crippen molar-refractivity contribution in [3.8, 4) is 0 Å². The first kappa shape index (κ1) is 14.8. The second kappa shape index (κ2) is 6.42. The zero-order valence-electron chi connectivity index (χ0n) is 10.2. The van der Waals surface area contributed by atoms with E-state index >= 15 is 0 Å². The third-order valence-corrected chi connectivity index (χ3v) is 3.98. The van der Waals surface area contributed by atoms with Crippen LogP contribution in [0.3, 0.4) is 0 Å². The average molecular weight is 237 g/mol. The van der Waals surface area contributed by atoms with Crippen molar-refractivity contribution in [2.45, 2.75) is 25.1 Å². The molecular weight excluding hydrogens is 214 g/mol. The first-order valence-electron chi connectivity index (χ1n) is 5.10. The normalized spacial score (nSPS) is 16.7. The summed E-state index contributed by atoms with van der Waals surface area (Å²) in [6, 6.07) is -0.0655. The molecule has 15 heavy (non-hydrogen) atoms. The second-order valence-corrected chi connectivity index (χ2v) is 6.32. The van der Waals surface area contributed by atoms with E-state index in [1.807, 2.05) is 25.9 Å². The van der Waals surface area contributed by atoms with Gasteiger partial charge in [0.1, 0.15) is 0 Å². The number of rotatable bonds is 7. The molecule has 0 aromatic heterocycles. The van der Waals surface area contributed by atoms with Gasteiger partial charge in [-0.3, -0.25) is 0 Å². The predicted octanol–water partition coefficient (Wildman–Crippen LogP) is -0.536. The summed E-state index contributed by atoms with van der Waals surface area (Å²) in [5.74, 6) is 0. The zero-order chi connectivity index (χ0) is 12.1. The summed E-state index contributed by atoms with van der Waals surface area (Å²) in [4.78, 5) is 1.95. The van der Waals surface area contributed by atoms with Gasteiger partial charge in [-0.05, 0) is 35.0 Å². The summed E-state index contributed by atoms with van der Waals surface area (Å²) in [5.41, 5.74) is 0. The Bertz CT molecular complexity index is 265. The van der Waals surface area contributed by atoms with Crippen molar-refractivity contribution in [1.82, 2.24) is 14.9 Å². The Morgan fingerprint density at radius 2 is 1.80 bits per heavy atom. The highest BCUT2D eigenvalue weighted by Gasteiger charge is 2.21. The molecule has 0 fully saturated rings. The fraction of sp³-hybridized carbons (Fsp3) is 1.00. The number of nitrogens with one attached hydrogen (secondary N) is 2. The van der Waals surface area contributed by atoms with Crippen LogP contribution in [0, 0.1) is 0 Å². The number of likely N-dealkylation sites (N-methyl/N-ethyl adjacent to an activating group) is 1. The maximum absolute atomic E-state index is 11.7. The quantitative estimate of drug-likeness (QED) is 0.624. The Kier molecular flexibility index (Phi) is 6.35. The second-order valence-electron chi connectivity index (χ2n) is 4.19. The lowest BCUT2D eigenvalue weighted by Gasteiger charge is -2.20. The van der Waals surface area contributed by atoms with Crippen LogP contribution < -0.4 is 10.0 Å². The van der Waals surface area contributed by atoms with Crippen molar-refractivity contribution in [1.29, 1.82) is 0 Å². The van der Waals surface area contributed by atoms with E-state index in [0.717, 1.165) is 0 Å². The number of hydrogen-bond donors (Lipinski definition) is 2. The Hall–Kier alpha value is -0.170. The van der Waals surface area contributed by atoms with Crippen LogP contribution in [0.5, 0.6) is 0 Å². The molecule has 92 valence electrons. The highest BCUT2D eigenvalue weighted by atomic mass is 32.2. The summed E-state index contributed by atoms with van der Waals surface area (Å²) >= 11 is 0. The van der Waals surface area contributed by atoms with Gasteiger partial charge in [-0.25, -0.2) is 13.1 Å². The van der Waals surface area contributed by atoms with Gasteiger partial charge in [0, 0.05) is 19.1 Å². The van der Waals surface area contributed by atoms with Gasteiger partial charge in [-0.2, -0.15) is 0 Å². The van der Waals surface area contributed by atoms with Gasteiger partial charge in [-0.1, -0.05) is 0 Å². The summed E-state index contributed by atoms with van der Waals surface area (Å²) in [6.45, 7) is 4.72. The van der Waals surface area contributed by atoms with Gasteiger partial charge >= 0.3 is 0 Å². The topological polar surface area (TPSA) is 61.4 Å². The molecule has 0 rings (SSSR count). The van der Waals surface area contributed by atoms with E-state index in [4.69, 9.17) is 0 Å². The molecule has 6 heteroatoms. The fourth-order valence-corrected chi connectivity index (χ4v) is 2.63. The Morgan fingerprint density at radius 1 is 1.27 bits per heavy atom. The van der Waals surface area contributed by atoms with Crippen molar-refractivity contribution in [2.24, 2.45) is 0 Å². The molecule has 0 aliphatic rings. The van der Waals surface area contributed by atoms with Crippen molar-refractivity contribution in [3.63, 3.8) is 0 Å². The molecule has 2 atom stereocenters. The van der Waals surface area contributed by atoms with Crippen molar-refractivity contribution < 1.29 is 8.42 Å². The third-order valence-electron chi connectivity index (χ3n) is 2.03. The van der Waals surface area contributed by atoms with Gasteiger partial charge in [0.25, 0.3) is 0 Å². The van der Waals surface area contributed by atoms with Crippen LogP contribution in [0.4, 0.5) is 0 Å². The lowest BCUT2D eigenvalue weighted by Crippen LogP contribution is -2.45. The molecule has 2 N–H and O–H groups in total. The van der Waals surface area contributed by atoms with Crippen LogP contribution in [0.2, 0.25) is 0 Å². The van der Waals surface area contributed by atoms with E-state index in [0.29, 0.717) is 13.1 Å². The van der Waals surface area contributed by atoms with Gasteiger partial charge < -0.3 is 10.2 Å². The monoisotopic (exact) mass is 237 g/mol. The number of hydrogen-bond acceptors (Lipinski definition) is 4. The molecule has 0 spiro atoms. The summed E-state index contributed by atoms with van der Waals surface area (Å²) in [5, 5.41) is 2.45. The number of sulfonamides is 1. The fourth-order valence-electron chi connectivity index (χ4n) is 1.38. The maximum atomic E-state index is 11.7. The molecule has 0 bridgehead atoms. The van der Waals surface area contributed by atoms with Crippen LogP contribution in [-0.2, 0) is 10.0 Å². The molecule has 0 saturated carbocycles. The predicted molar refractivity (Wildman–Crippen MR) is 63.5 cm³/mol. The molecule has 0 aliphatic carbocycles. The third kappa shape index (κ3) is 6.09. The van der Waals surface area contributed by atoms with Gasteiger partial charge in [0.05, 0.1) is 5.25 Å². The van der Waals surface area contributed by atoms with Crippen LogP contribution in [-0.4, -0.2) is 58.8 Å². The van der Waals surface area contributed by atoms with Crippen LogP contribution in [0.15, 0.2) is 0 Å². The van der Waals surface area contributed by atoms with Gasteiger partial charge in [0.15, 0.2) is 0 Å². The summed E-state index contributed by atoms with van der Waals surface area (Å²) < 4.78 is 26.1. The Balaban J connectivity index is 4.25. The molecule has 0 amide bonds. The highest BCUT2D eigenvalue weighted by molar-refractivity contribution is 7.90. The molecule has 0 aromatic rings. The van der Waals surface area contributed by atoms with E-state index < -0.39 is 15.3 Å². The molecule has 5 nitrogen and oxygen atoms in total. The molecule has 0 aliphatic heterocycles.